The first-order valence-electron chi connectivity index (χ1n) is 11.5. The zero-order chi connectivity index (χ0) is 20.3. The molecule has 2 aromatic rings. The summed E-state index contributed by atoms with van der Waals surface area (Å²) in [4.78, 5) is 24.7. The molecule has 1 atom stereocenters. The van der Waals surface area contributed by atoms with Crippen molar-refractivity contribution in [3.8, 4) is 0 Å². The zero-order valence-electron chi connectivity index (χ0n) is 17.7. The van der Waals surface area contributed by atoms with Gasteiger partial charge in [-0.3, -0.25) is 9.69 Å². The third-order valence-corrected chi connectivity index (χ3v) is 7.06. The lowest BCUT2D eigenvalue weighted by atomic mass is 9.92. The Labute approximate surface area is 178 Å². The van der Waals surface area contributed by atoms with Crippen molar-refractivity contribution < 1.29 is 9.53 Å². The summed E-state index contributed by atoms with van der Waals surface area (Å²) in [6.45, 7) is 7.00. The van der Waals surface area contributed by atoms with Gasteiger partial charge in [0.2, 0.25) is 5.91 Å². The molecule has 0 radical (unpaired) electrons. The Kier molecular flexibility index (Phi) is 5.86. The minimum atomic E-state index is 0.162. The Morgan fingerprint density at radius 2 is 1.77 bits per heavy atom. The molecule has 0 aliphatic carbocycles. The highest BCUT2D eigenvalue weighted by atomic mass is 16.5. The standard InChI is InChI=1S/C24H32N4O2/c29-24(27-14-16-30-17-15-27)20-5-3-11-28(18-20)21-8-12-26(13-9-21)23-22-6-2-1-4-19(22)7-10-25-23/h1-2,4,6-7,10,20-21H,3,5,8-9,11-18H2/t20-/m1/s1. The molecule has 3 aliphatic heterocycles. The number of ether oxygens (including phenoxy) is 1. The molecular weight excluding hydrogens is 376 g/mol. The smallest absolute Gasteiger partial charge is 0.227 e. The molecule has 6 heteroatoms. The van der Waals surface area contributed by atoms with Gasteiger partial charge in [-0.25, -0.2) is 4.98 Å². The lowest BCUT2D eigenvalue weighted by Crippen LogP contribution is -2.52. The number of fused-ring (bicyclic) bond motifs is 1. The van der Waals surface area contributed by atoms with Crippen LogP contribution in [0.5, 0.6) is 0 Å². The number of amides is 1. The predicted octanol–water partition coefficient (Wildman–Crippen LogP) is 2.77. The van der Waals surface area contributed by atoms with E-state index in [2.05, 4.69) is 40.1 Å². The van der Waals surface area contributed by atoms with Crippen molar-refractivity contribution in [2.45, 2.75) is 31.7 Å². The molecular formula is C24H32N4O2. The number of rotatable bonds is 3. The van der Waals surface area contributed by atoms with Gasteiger partial charge in [0.05, 0.1) is 19.1 Å². The molecule has 6 nitrogen and oxygen atoms in total. The third kappa shape index (κ3) is 4.03. The molecule has 160 valence electrons. The van der Waals surface area contributed by atoms with Crippen molar-refractivity contribution in [2.24, 2.45) is 5.92 Å². The summed E-state index contributed by atoms with van der Waals surface area (Å²) in [6, 6.07) is 11.2. The Bertz CT molecular complexity index is 869. The van der Waals surface area contributed by atoms with E-state index in [1.807, 2.05) is 11.1 Å². The first-order valence-corrected chi connectivity index (χ1v) is 11.5. The molecule has 0 bridgehead atoms. The summed E-state index contributed by atoms with van der Waals surface area (Å²) in [5.74, 6) is 1.63. The van der Waals surface area contributed by atoms with Gasteiger partial charge in [-0.1, -0.05) is 24.3 Å². The van der Waals surface area contributed by atoms with Crippen LogP contribution >= 0.6 is 0 Å². The van der Waals surface area contributed by atoms with E-state index in [0.29, 0.717) is 25.2 Å². The summed E-state index contributed by atoms with van der Waals surface area (Å²) in [5, 5.41) is 2.50. The van der Waals surface area contributed by atoms with Crippen molar-refractivity contribution in [1.29, 1.82) is 0 Å². The van der Waals surface area contributed by atoms with E-state index in [0.717, 1.165) is 70.8 Å². The zero-order valence-corrected chi connectivity index (χ0v) is 17.7. The normalized spacial score (nSPS) is 24.3. The fraction of sp³-hybridized carbons (Fsp3) is 0.583. The average molecular weight is 409 g/mol. The Morgan fingerprint density at radius 3 is 2.60 bits per heavy atom. The van der Waals surface area contributed by atoms with Crippen LogP contribution in [0.2, 0.25) is 0 Å². The Hall–Kier alpha value is -2.18. The Morgan fingerprint density at radius 1 is 0.967 bits per heavy atom. The minimum absolute atomic E-state index is 0.162. The second-order valence-corrected chi connectivity index (χ2v) is 8.85. The van der Waals surface area contributed by atoms with Gasteiger partial charge < -0.3 is 14.5 Å². The van der Waals surface area contributed by atoms with Crippen LogP contribution in [-0.2, 0) is 9.53 Å². The summed E-state index contributed by atoms with van der Waals surface area (Å²) in [7, 11) is 0. The van der Waals surface area contributed by atoms with Gasteiger partial charge >= 0.3 is 0 Å². The van der Waals surface area contributed by atoms with Gasteiger partial charge in [-0.05, 0) is 43.7 Å². The van der Waals surface area contributed by atoms with E-state index >= 15 is 0 Å². The highest BCUT2D eigenvalue weighted by Gasteiger charge is 2.34. The molecule has 3 aliphatic rings. The molecule has 1 amide bonds. The van der Waals surface area contributed by atoms with Crippen molar-refractivity contribution in [1.82, 2.24) is 14.8 Å². The van der Waals surface area contributed by atoms with Crippen LogP contribution in [0.1, 0.15) is 25.7 Å². The van der Waals surface area contributed by atoms with Crippen molar-refractivity contribution in [2.75, 3.05) is 57.4 Å². The van der Waals surface area contributed by atoms with Gasteiger partial charge in [0.25, 0.3) is 0 Å². The van der Waals surface area contributed by atoms with E-state index in [-0.39, 0.29) is 5.92 Å². The summed E-state index contributed by atoms with van der Waals surface area (Å²) >= 11 is 0. The third-order valence-electron chi connectivity index (χ3n) is 7.06. The van der Waals surface area contributed by atoms with Crippen molar-refractivity contribution in [3.63, 3.8) is 0 Å². The number of hydrogen-bond acceptors (Lipinski definition) is 5. The van der Waals surface area contributed by atoms with Crippen LogP contribution < -0.4 is 4.90 Å². The monoisotopic (exact) mass is 408 g/mol. The van der Waals surface area contributed by atoms with Crippen LogP contribution in [0.25, 0.3) is 10.8 Å². The second-order valence-electron chi connectivity index (χ2n) is 8.85. The summed E-state index contributed by atoms with van der Waals surface area (Å²) < 4.78 is 5.41. The highest BCUT2D eigenvalue weighted by Crippen LogP contribution is 2.30. The molecule has 3 saturated heterocycles. The van der Waals surface area contributed by atoms with Gasteiger partial charge in [0, 0.05) is 50.3 Å². The molecule has 4 heterocycles. The predicted molar refractivity (Wildman–Crippen MR) is 119 cm³/mol. The number of carbonyl (C=O) groups is 1. The lowest BCUT2D eigenvalue weighted by molar-refractivity contribution is -0.141. The molecule has 5 rings (SSSR count). The van der Waals surface area contributed by atoms with Crippen LogP contribution in [-0.4, -0.2) is 79.2 Å². The van der Waals surface area contributed by atoms with Crippen molar-refractivity contribution >= 4 is 22.5 Å². The van der Waals surface area contributed by atoms with Gasteiger partial charge in [0.1, 0.15) is 5.82 Å². The SMILES string of the molecule is O=C([C@@H]1CCCN(C2CCN(c3nccc4ccccc34)CC2)C1)N1CCOCC1. The Balaban J connectivity index is 1.20. The number of hydrogen-bond donors (Lipinski definition) is 0. The lowest BCUT2D eigenvalue weighted by Gasteiger charge is -2.43. The fourth-order valence-electron chi connectivity index (χ4n) is 5.38. The second kappa shape index (κ2) is 8.90. The number of aromatic nitrogens is 1. The number of likely N-dealkylation sites (tertiary alicyclic amines) is 1. The maximum atomic E-state index is 13.0. The fourth-order valence-corrected chi connectivity index (χ4v) is 5.38. The van der Waals surface area contributed by atoms with Crippen molar-refractivity contribution in [3.05, 3.63) is 36.5 Å². The van der Waals surface area contributed by atoms with Crippen LogP contribution in [0.4, 0.5) is 5.82 Å². The van der Waals surface area contributed by atoms with E-state index in [4.69, 9.17) is 9.72 Å². The molecule has 1 aromatic carbocycles. The molecule has 1 aromatic heterocycles. The number of benzene rings is 1. The van der Waals surface area contributed by atoms with E-state index in [1.54, 1.807) is 0 Å². The van der Waals surface area contributed by atoms with Crippen LogP contribution in [0, 0.1) is 5.92 Å². The minimum Gasteiger partial charge on any atom is -0.378 e. The molecule has 0 spiro atoms. The van der Waals surface area contributed by atoms with E-state index in [9.17, 15) is 4.79 Å². The van der Waals surface area contributed by atoms with Crippen LogP contribution in [0.3, 0.4) is 0 Å². The number of morpholine rings is 1. The average Bonchev–Trinajstić information content (AvgIpc) is 2.84. The number of carbonyl (C=O) groups excluding carboxylic acids is 1. The summed E-state index contributed by atoms with van der Waals surface area (Å²) in [6.07, 6.45) is 6.38. The van der Waals surface area contributed by atoms with Gasteiger partial charge in [-0.15, -0.1) is 0 Å². The number of nitrogens with zero attached hydrogens (tertiary/aromatic N) is 4. The highest BCUT2D eigenvalue weighted by molar-refractivity contribution is 5.92. The largest absolute Gasteiger partial charge is 0.378 e. The number of anilines is 1. The molecule has 0 saturated carbocycles. The van der Waals surface area contributed by atoms with Crippen LogP contribution in [0.15, 0.2) is 36.5 Å². The molecule has 3 fully saturated rings. The topological polar surface area (TPSA) is 48.9 Å². The maximum Gasteiger partial charge on any atom is 0.227 e. The molecule has 30 heavy (non-hydrogen) atoms. The summed E-state index contributed by atoms with van der Waals surface area (Å²) in [5.41, 5.74) is 0. The number of piperidine rings is 2. The van der Waals surface area contributed by atoms with E-state index in [1.165, 1.54) is 10.8 Å². The number of pyridine rings is 1. The first-order chi connectivity index (χ1) is 14.8. The quantitative estimate of drug-likeness (QED) is 0.782. The van der Waals surface area contributed by atoms with Gasteiger partial charge in [0.15, 0.2) is 0 Å². The van der Waals surface area contributed by atoms with Gasteiger partial charge in [-0.2, -0.15) is 0 Å². The first kappa shape index (κ1) is 19.8. The maximum absolute atomic E-state index is 13.0. The van der Waals surface area contributed by atoms with E-state index < -0.39 is 0 Å². The molecule has 0 N–H and O–H groups in total. The molecule has 0 unspecified atom stereocenters.